The van der Waals surface area contributed by atoms with E-state index in [1.54, 1.807) is 24.3 Å². The Kier molecular flexibility index (Phi) is 5.00. The van der Waals surface area contributed by atoms with Crippen molar-refractivity contribution < 1.29 is 14.3 Å². The summed E-state index contributed by atoms with van der Waals surface area (Å²) in [5.74, 6) is 0.672. The van der Waals surface area contributed by atoms with E-state index in [-0.39, 0.29) is 11.5 Å². The number of amides is 1. The maximum Gasteiger partial charge on any atom is 0.254 e. The highest BCUT2D eigenvalue weighted by Crippen LogP contribution is 2.37. The van der Waals surface area contributed by atoms with E-state index in [9.17, 15) is 4.79 Å². The van der Waals surface area contributed by atoms with Gasteiger partial charge in [0.1, 0.15) is 5.60 Å². The van der Waals surface area contributed by atoms with Crippen LogP contribution in [0.1, 0.15) is 23.2 Å². The molecule has 1 atom stereocenters. The number of nitrogens with zero attached hydrogens (tertiary/aromatic N) is 2. The zero-order valence-electron chi connectivity index (χ0n) is 14.5. The lowest BCUT2D eigenvalue weighted by atomic mass is 9.82. The number of hydrogen-bond donors (Lipinski definition) is 0. The minimum Gasteiger partial charge on any atom is -0.379 e. The zero-order chi connectivity index (χ0) is 17.3. The quantitative estimate of drug-likeness (QED) is 0.825. The normalized spacial score (nSPS) is 26.4. The molecule has 3 heterocycles. The molecule has 136 valence electrons. The molecule has 6 heteroatoms. The van der Waals surface area contributed by atoms with Crippen molar-refractivity contribution in [2.75, 3.05) is 52.5 Å². The summed E-state index contributed by atoms with van der Waals surface area (Å²) < 4.78 is 11.6. The molecular weight excluding hydrogens is 340 g/mol. The van der Waals surface area contributed by atoms with Gasteiger partial charge in [0.25, 0.3) is 5.91 Å². The molecule has 25 heavy (non-hydrogen) atoms. The van der Waals surface area contributed by atoms with Gasteiger partial charge >= 0.3 is 0 Å². The van der Waals surface area contributed by atoms with Crippen LogP contribution in [-0.4, -0.2) is 73.9 Å². The Hall–Kier alpha value is -1.14. The largest absolute Gasteiger partial charge is 0.379 e. The van der Waals surface area contributed by atoms with Gasteiger partial charge in [0.15, 0.2) is 0 Å². The van der Waals surface area contributed by atoms with Crippen molar-refractivity contribution in [2.45, 2.75) is 18.4 Å². The Morgan fingerprint density at radius 2 is 1.92 bits per heavy atom. The van der Waals surface area contributed by atoms with Gasteiger partial charge in [-0.25, -0.2) is 0 Å². The molecule has 1 aromatic rings. The molecule has 3 aliphatic heterocycles. The number of hydrogen-bond acceptors (Lipinski definition) is 4. The van der Waals surface area contributed by atoms with Crippen molar-refractivity contribution in [2.24, 2.45) is 5.92 Å². The third kappa shape index (κ3) is 3.85. The van der Waals surface area contributed by atoms with E-state index in [1.165, 1.54) is 6.42 Å². The molecule has 3 fully saturated rings. The third-order valence-electron chi connectivity index (χ3n) is 5.59. The van der Waals surface area contributed by atoms with Crippen LogP contribution >= 0.6 is 11.6 Å². The van der Waals surface area contributed by atoms with Gasteiger partial charge in [-0.1, -0.05) is 11.6 Å². The van der Waals surface area contributed by atoms with Gasteiger partial charge in [0, 0.05) is 30.2 Å². The highest BCUT2D eigenvalue weighted by Gasteiger charge is 2.48. The maximum atomic E-state index is 12.5. The number of likely N-dealkylation sites (tertiary alicyclic amines) is 1. The van der Waals surface area contributed by atoms with Crippen molar-refractivity contribution >= 4 is 17.5 Å². The molecular formula is C19H25ClN2O3. The van der Waals surface area contributed by atoms with Gasteiger partial charge in [0.05, 0.1) is 32.9 Å². The summed E-state index contributed by atoms with van der Waals surface area (Å²) >= 11 is 5.89. The number of ether oxygens (including phenoxy) is 2. The standard InChI is InChI=1S/C19H25ClN2O3/c20-17-3-1-16(2-4-17)18(23)22-13-19(14-22)6-5-15(12-25-19)11-21-7-9-24-10-8-21/h1-4,15H,5-14H2/t15-/m1/s1. The smallest absolute Gasteiger partial charge is 0.254 e. The Bertz CT molecular complexity index is 600. The minimum atomic E-state index is -0.108. The summed E-state index contributed by atoms with van der Waals surface area (Å²) in [7, 11) is 0. The third-order valence-corrected chi connectivity index (χ3v) is 5.84. The molecule has 0 radical (unpaired) electrons. The Balaban J connectivity index is 1.25. The summed E-state index contributed by atoms with van der Waals surface area (Å²) in [5.41, 5.74) is 0.587. The van der Waals surface area contributed by atoms with Gasteiger partial charge in [-0.15, -0.1) is 0 Å². The Labute approximate surface area is 153 Å². The molecule has 0 bridgehead atoms. The van der Waals surface area contributed by atoms with Crippen LogP contribution in [-0.2, 0) is 9.47 Å². The van der Waals surface area contributed by atoms with Crippen LogP contribution in [0.5, 0.6) is 0 Å². The molecule has 0 saturated carbocycles. The van der Waals surface area contributed by atoms with Gasteiger partial charge in [-0.3, -0.25) is 9.69 Å². The van der Waals surface area contributed by atoms with Gasteiger partial charge in [0.2, 0.25) is 0 Å². The fourth-order valence-corrected chi connectivity index (χ4v) is 4.15. The second-order valence-electron chi connectivity index (χ2n) is 7.48. The first-order chi connectivity index (χ1) is 12.1. The van der Waals surface area contributed by atoms with Crippen molar-refractivity contribution in [1.82, 2.24) is 9.80 Å². The second-order valence-corrected chi connectivity index (χ2v) is 7.92. The molecule has 1 aromatic carbocycles. The number of benzene rings is 1. The second kappa shape index (κ2) is 7.23. The molecule has 5 nitrogen and oxygen atoms in total. The first-order valence-corrected chi connectivity index (χ1v) is 9.50. The number of rotatable bonds is 3. The summed E-state index contributed by atoms with van der Waals surface area (Å²) in [6.07, 6.45) is 2.23. The van der Waals surface area contributed by atoms with E-state index in [0.29, 0.717) is 29.6 Å². The predicted molar refractivity (Wildman–Crippen MR) is 96.0 cm³/mol. The molecule has 0 N–H and O–H groups in total. The molecule has 3 saturated heterocycles. The Morgan fingerprint density at radius 1 is 1.20 bits per heavy atom. The van der Waals surface area contributed by atoms with E-state index in [4.69, 9.17) is 21.1 Å². The van der Waals surface area contributed by atoms with Gasteiger partial charge in [-0.2, -0.15) is 0 Å². The monoisotopic (exact) mass is 364 g/mol. The van der Waals surface area contributed by atoms with Crippen LogP contribution in [0.4, 0.5) is 0 Å². The van der Waals surface area contributed by atoms with Crippen LogP contribution in [0.25, 0.3) is 0 Å². The van der Waals surface area contributed by atoms with E-state index >= 15 is 0 Å². The summed E-state index contributed by atoms with van der Waals surface area (Å²) in [6, 6.07) is 7.10. The highest BCUT2D eigenvalue weighted by atomic mass is 35.5. The molecule has 0 aromatic heterocycles. The first-order valence-electron chi connectivity index (χ1n) is 9.12. The average molecular weight is 365 g/mol. The summed E-state index contributed by atoms with van der Waals surface area (Å²) in [5, 5.41) is 0.651. The van der Waals surface area contributed by atoms with Crippen LogP contribution < -0.4 is 0 Å². The lowest BCUT2D eigenvalue weighted by Gasteiger charge is -2.53. The topological polar surface area (TPSA) is 42.0 Å². The van der Waals surface area contributed by atoms with Crippen LogP contribution in [0.2, 0.25) is 5.02 Å². The number of carbonyl (C=O) groups excluding carboxylic acids is 1. The average Bonchev–Trinajstić information content (AvgIpc) is 2.62. The summed E-state index contributed by atoms with van der Waals surface area (Å²) in [4.78, 5) is 16.9. The Morgan fingerprint density at radius 3 is 2.56 bits per heavy atom. The van der Waals surface area contributed by atoms with E-state index in [2.05, 4.69) is 4.90 Å². The van der Waals surface area contributed by atoms with E-state index in [0.717, 1.165) is 45.9 Å². The van der Waals surface area contributed by atoms with Crippen LogP contribution in [0, 0.1) is 5.92 Å². The van der Waals surface area contributed by atoms with Crippen molar-refractivity contribution in [3.8, 4) is 0 Å². The van der Waals surface area contributed by atoms with Crippen LogP contribution in [0.15, 0.2) is 24.3 Å². The fraction of sp³-hybridized carbons (Fsp3) is 0.632. The summed E-state index contributed by atoms with van der Waals surface area (Å²) in [6.45, 7) is 7.08. The number of carbonyl (C=O) groups is 1. The predicted octanol–water partition coefficient (Wildman–Crippen LogP) is 2.29. The van der Waals surface area contributed by atoms with Gasteiger partial charge in [-0.05, 0) is 43.0 Å². The molecule has 3 aliphatic rings. The van der Waals surface area contributed by atoms with Crippen molar-refractivity contribution in [3.63, 3.8) is 0 Å². The SMILES string of the molecule is O=C(c1ccc(Cl)cc1)N1CC2(CC[C@H](CN3CCOCC3)CO2)C1. The van der Waals surface area contributed by atoms with Crippen LogP contribution in [0.3, 0.4) is 0 Å². The first kappa shape index (κ1) is 17.3. The molecule has 0 unspecified atom stereocenters. The molecule has 1 amide bonds. The van der Waals surface area contributed by atoms with E-state index < -0.39 is 0 Å². The number of morpholine rings is 1. The molecule has 4 rings (SSSR count). The maximum absolute atomic E-state index is 12.5. The lowest BCUT2D eigenvalue weighted by molar-refractivity contribution is -0.169. The van der Waals surface area contributed by atoms with Crippen molar-refractivity contribution in [1.29, 1.82) is 0 Å². The lowest BCUT2D eigenvalue weighted by Crippen LogP contribution is -2.66. The number of halogens is 1. The fourth-order valence-electron chi connectivity index (χ4n) is 4.03. The van der Waals surface area contributed by atoms with Crippen molar-refractivity contribution in [3.05, 3.63) is 34.9 Å². The van der Waals surface area contributed by atoms with E-state index in [1.807, 2.05) is 4.90 Å². The van der Waals surface area contributed by atoms with Gasteiger partial charge < -0.3 is 14.4 Å². The molecule has 1 spiro atoms. The highest BCUT2D eigenvalue weighted by molar-refractivity contribution is 6.30. The minimum absolute atomic E-state index is 0.0707. The molecule has 0 aliphatic carbocycles. The zero-order valence-corrected chi connectivity index (χ0v) is 15.2.